The minimum Gasteiger partial charge on any atom is -0.493 e. The van der Waals surface area contributed by atoms with Crippen molar-refractivity contribution in [3.63, 3.8) is 0 Å². The van der Waals surface area contributed by atoms with E-state index in [1.807, 2.05) is 16.8 Å². The van der Waals surface area contributed by atoms with Crippen molar-refractivity contribution in [2.75, 3.05) is 37.7 Å². The summed E-state index contributed by atoms with van der Waals surface area (Å²) in [7, 11) is -3.53. The van der Waals surface area contributed by atoms with Crippen LogP contribution in [0.5, 0.6) is 5.75 Å². The van der Waals surface area contributed by atoms with Crippen molar-refractivity contribution < 1.29 is 13.2 Å². The van der Waals surface area contributed by atoms with Crippen molar-refractivity contribution in [2.24, 2.45) is 0 Å². The van der Waals surface area contributed by atoms with E-state index in [4.69, 9.17) is 4.74 Å². The predicted octanol–water partition coefficient (Wildman–Crippen LogP) is 1.11. The summed E-state index contributed by atoms with van der Waals surface area (Å²) in [6.45, 7) is 2.54. The molecule has 0 bridgehead atoms. The Morgan fingerprint density at radius 3 is 2.62 bits per heavy atom. The second-order valence-electron chi connectivity index (χ2n) is 6.96. The van der Waals surface area contributed by atoms with Crippen LogP contribution in [0.3, 0.4) is 0 Å². The van der Waals surface area contributed by atoms with Gasteiger partial charge in [0.1, 0.15) is 30.0 Å². The molecule has 1 fully saturated rings. The first-order valence-electron chi connectivity index (χ1n) is 9.42. The number of aromatic nitrogens is 4. The molecule has 10 heteroatoms. The number of rotatable bonds is 4. The van der Waals surface area contributed by atoms with Gasteiger partial charge in [-0.1, -0.05) is 0 Å². The third-order valence-corrected chi connectivity index (χ3v) is 7.16. The highest BCUT2D eigenvalue weighted by molar-refractivity contribution is 7.89. The van der Waals surface area contributed by atoms with Gasteiger partial charge in [-0.25, -0.2) is 23.4 Å². The van der Waals surface area contributed by atoms with Crippen LogP contribution in [-0.4, -0.2) is 65.0 Å². The van der Waals surface area contributed by atoms with Gasteiger partial charge >= 0.3 is 0 Å². The van der Waals surface area contributed by atoms with Gasteiger partial charge in [0.2, 0.25) is 10.0 Å². The van der Waals surface area contributed by atoms with Crippen LogP contribution < -0.4 is 9.64 Å². The molecule has 5 rings (SSSR count). The van der Waals surface area contributed by atoms with E-state index in [9.17, 15) is 8.42 Å². The highest BCUT2D eigenvalue weighted by Crippen LogP contribution is 2.29. The van der Waals surface area contributed by atoms with E-state index >= 15 is 0 Å². The third kappa shape index (κ3) is 3.34. The van der Waals surface area contributed by atoms with Crippen molar-refractivity contribution in [2.45, 2.75) is 11.3 Å². The fourth-order valence-electron chi connectivity index (χ4n) is 3.68. The molecule has 29 heavy (non-hydrogen) atoms. The van der Waals surface area contributed by atoms with E-state index in [0.717, 1.165) is 29.4 Å². The molecule has 2 aliphatic heterocycles. The lowest BCUT2D eigenvalue weighted by atomic mass is 10.2. The Hall–Kier alpha value is -2.98. The number of imidazole rings is 1. The Morgan fingerprint density at radius 1 is 1.00 bits per heavy atom. The van der Waals surface area contributed by atoms with Gasteiger partial charge in [0, 0.05) is 51.1 Å². The van der Waals surface area contributed by atoms with Gasteiger partial charge in [-0.2, -0.15) is 4.31 Å². The Morgan fingerprint density at radius 2 is 1.83 bits per heavy atom. The molecule has 0 saturated carbocycles. The van der Waals surface area contributed by atoms with Crippen molar-refractivity contribution in [1.29, 1.82) is 0 Å². The van der Waals surface area contributed by atoms with Crippen LogP contribution in [0.15, 0.2) is 54.2 Å². The number of anilines is 1. The minimum absolute atomic E-state index is 0.333. The van der Waals surface area contributed by atoms with Gasteiger partial charge < -0.3 is 9.64 Å². The number of sulfonamides is 1. The lowest BCUT2D eigenvalue weighted by Gasteiger charge is -2.34. The number of hydrogen-bond acceptors (Lipinski definition) is 7. The highest BCUT2D eigenvalue weighted by atomic mass is 32.2. The molecule has 0 aliphatic carbocycles. The van der Waals surface area contributed by atoms with Crippen molar-refractivity contribution >= 4 is 15.8 Å². The minimum atomic E-state index is -3.53. The van der Waals surface area contributed by atoms with Gasteiger partial charge in [-0.15, -0.1) is 0 Å². The molecule has 4 heterocycles. The van der Waals surface area contributed by atoms with E-state index in [1.54, 1.807) is 35.0 Å². The largest absolute Gasteiger partial charge is 0.493 e. The monoisotopic (exact) mass is 412 g/mol. The standard InChI is InChI=1S/C19H20N6O3S/c26-29(27,16-1-2-17-15(11-16)3-10-28-17)25-8-6-23(7-9-25)18-12-19(22-13-21-18)24-5-4-20-14-24/h1-2,4-5,11-14H,3,6-10H2. The van der Waals surface area contributed by atoms with E-state index in [1.165, 1.54) is 6.33 Å². The third-order valence-electron chi connectivity index (χ3n) is 5.27. The Labute approximate surface area is 168 Å². The highest BCUT2D eigenvalue weighted by Gasteiger charge is 2.30. The fourth-order valence-corrected chi connectivity index (χ4v) is 5.15. The van der Waals surface area contributed by atoms with Gasteiger partial charge in [0.05, 0.1) is 11.5 Å². The van der Waals surface area contributed by atoms with E-state index < -0.39 is 10.0 Å². The molecule has 0 atom stereocenters. The van der Waals surface area contributed by atoms with Crippen LogP contribution in [-0.2, 0) is 16.4 Å². The number of hydrogen-bond donors (Lipinski definition) is 0. The summed E-state index contributed by atoms with van der Waals surface area (Å²) >= 11 is 0. The SMILES string of the molecule is O=S(=O)(c1ccc2c(c1)CCO2)N1CCN(c2cc(-n3ccnc3)ncn2)CC1. The lowest BCUT2D eigenvalue weighted by molar-refractivity contribution is 0.356. The smallest absolute Gasteiger partial charge is 0.243 e. The first kappa shape index (κ1) is 18.1. The summed E-state index contributed by atoms with van der Waals surface area (Å²) in [4.78, 5) is 15.1. The zero-order valence-electron chi connectivity index (χ0n) is 15.7. The normalized spacial score (nSPS) is 17.2. The summed E-state index contributed by atoms with van der Waals surface area (Å²) in [5.74, 6) is 2.28. The molecule has 3 aromatic rings. The maximum absolute atomic E-state index is 13.1. The second-order valence-corrected chi connectivity index (χ2v) is 8.90. The van der Waals surface area contributed by atoms with Crippen molar-refractivity contribution in [3.05, 3.63) is 54.9 Å². The van der Waals surface area contributed by atoms with E-state index in [2.05, 4.69) is 19.9 Å². The van der Waals surface area contributed by atoms with Crippen molar-refractivity contribution in [3.8, 4) is 11.6 Å². The van der Waals surface area contributed by atoms with Crippen LogP contribution in [0, 0.1) is 0 Å². The fraction of sp³-hybridized carbons (Fsp3) is 0.316. The first-order valence-corrected chi connectivity index (χ1v) is 10.9. The van der Waals surface area contributed by atoms with Gasteiger partial charge in [-0.3, -0.25) is 4.57 Å². The molecular weight excluding hydrogens is 392 g/mol. The molecule has 0 spiro atoms. The van der Waals surface area contributed by atoms with Crippen LogP contribution in [0.25, 0.3) is 5.82 Å². The topological polar surface area (TPSA) is 93.5 Å². The second kappa shape index (κ2) is 7.12. The number of nitrogens with zero attached hydrogens (tertiary/aromatic N) is 6. The summed E-state index contributed by atoms with van der Waals surface area (Å²) < 4.78 is 35.0. The summed E-state index contributed by atoms with van der Waals surface area (Å²) in [6, 6.07) is 7.01. The molecule has 0 unspecified atom stereocenters. The molecule has 2 aliphatic rings. The first-order chi connectivity index (χ1) is 14.1. The predicted molar refractivity (Wildman–Crippen MR) is 106 cm³/mol. The van der Waals surface area contributed by atoms with Crippen molar-refractivity contribution in [1.82, 2.24) is 23.8 Å². The lowest BCUT2D eigenvalue weighted by Crippen LogP contribution is -2.49. The molecule has 0 N–H and O–H groups in total. The van der Waals surface area contributed by atoms with Crippen LogP contribution in [0.2, 0.25) is 0 Å². The zero-order valence-corrected chi connectivity index (χ0v) is 16.5. The van der Waals surface area contributed by atoms with Gasteiger partial charge in [0.15, 0.2) is 0 Å². The van der Waals surface area contributed by atoms with E-state index in [0.29, 0.717) is 37.7 Å². The average molecular weight is 412 g/mol. The average Bonchev–Trinajstić information content (AvgIpc) is 3.45. The molecule has 0 radical (unpaired) electrons. The number of ether oxygens (including phenoxy) is 1. The molecular formula is C19H20N6O3S. The van der Waals surface area contributed by atoms with Crippen LogP contribution >= 0.6 is 0 Å². The Kier molecular flexibility index (Phi) is 4.44. The molecule has 150 valence electrons. The van der Waals surface area contributed by atoms with Crippen LogP contribution in [0.4, 0.5) is 5.82 Å². The molecule has 0 amide bonds. The molecule has 1 aromatic carbocycles. The summed E-state index contributed by atoms with van der Waals surface area (Å²) in [6.07, 6.45) is 7.45. The van der Waals surface area contributed by atoms with E-state index in [-0.39, 0.29) is 0 Å². The molecule has 2 aromatic heterocycles. The summed E-state index contributed by atoms with van der Waals surface area (Å²) in [5.41, 5.74) is 0.956. The van der Waals surface area contributed by atoms with Gasteiger partial charge in [0.25, 0.3) is 0 Å². The maximum Gasteiger partial charge on any atom is 0.243 e. The maximum atomic E-state index is 13.1. The number of fused-ring (bicyclic) bond motifs is 1. The Balaban J connectivity index is 1.31. The number of benzene rings is 1. The number of piperazine rings is 1. The summed E-state index contributed by atoms with van der Waals surface area (Å²) in [5, 5.41) is 0. The van der Waals surface area contributed by atoms with Crippen LogP contribution in [0.1, 0.15) is 5.56 Å². The van der Waals surface area contributed by atoms with Gasteiger partial charge in [-0.05, 0) is 23.8 Å². The Bertz CT molecular complexity index is 1120. The molecule has 9 nitrogen and oxygen atoms in total. The quantitative estimate of drug-likeness (QED) is 0.634. The zero-order chi connectivity index (χ0) is 19.8. The molecule has 1 saturated heterocycles.